The van der Waals surface area contributed by atoms with Crippen molar-refractivity contribution in [2.75, 3.05) is 38.6 Å². The number of carbonyl (C=O) groups is 4. The number of esters is 1. The number of likely N-dealkylation sites (N-methyl/N-ethyl adjacent to an activating group) is 1. The summed E-state index contributed by atoms with van der Waals surface area (Å²) in [5.41, 5.74) is 3.34. The third-order valence-corrected chi connectivity index (χ3v) is 6.36. The second-order valence-corrected chi connectivity index (χ2v) is 9.22. The number of nitrogens with zero attached hydrogens (tertiary/aromatic N) is 2. The number of carbonyl (C=O) groups excluding carboxylic acids is 4. The number of anilines is 1. The lowest BCUT2D eigenvalue weighted by molar-refractivity contribution is -0.156. The van der Waals surface area contributed by atoms with Gasteiger partial charge in [-0.25, -0.2) is 0 Å². The van der Waals surface area contributed by atoms with Crippen LogP contribution in [0.1, 0.15) is 34.3 Å². The van der Waals surface area contributed by atoms with Crippen LogP contribution in [0.2, 0.25) is 5.02 Å². The second-order valence-electron chi connectivity index (χ2n) is 8.78. The van der Waals surface area contributed by atoms with Gasteiger partial charge in [0.15, 0.2) is 6.61 Å². The summed E-state index contributed by atoms with van der Waals surface area (Å²) in [6.45, 7) is 4.17. The molecule has 2 aromatic carbocycles. The normalized spacial score (nSPS) is 13.8. The van der Waals surface area contributed by atoms with E-state index in [9.17, 15) is 19.2 Å². The zero-order valence-corrected chi connectivity index (χ0v) is 20.9. The van der Waals surface area contributed by atoms with Crippen molar-refractivity contribution in [2.24, 2.45) is 5.92 Å². The smallest absolute Gasteiger partial charge is 0.309 e. The van der Waals surface area contributed by atoms with Crippen LogP contribution in [-0.4, -0.2) is 66.8 Å². The number of hydrogen-bond acceptors (Lipinski definition) is 5. The van der Waals surface area contributed by atoms with Crippen molar-refractivity contribution in [2.45, 2.75) is 26.7 Å². The van der Waals surface area contributed by atoms with E-state index in [2.05, 4.69) is 5.32 Å². The topological polar surface area (TPSA) is 96.0 Å². The van der Waals surface area contributed by atoms with Gasteiger partial charge in [-0.2, -0.15) is 0 Å². The fraction of sp³-hybridized carbons (Fsp3) is 0.385. The van der Waals surface area contributed by atoms with E-state index in [1.165, 1.54) is 11.9 Å². The van der Waals surface area contributed by atoms with Gasteiger partial charge < -0.3 is 19.9 Å². The van der Waals surface area contributed by atoms with Gasteiger partial charge >= 0.3 is 5.97 Å². The first kappa shape index (κ1) is 26.2. The number of nitrogens with one attached hydrogen (secondary N) is 1. The molecule has 2 aromatic rings. The molecule has 1 fully saturated rings. The Hall–Kier alpha value is -3.39. The fourth-order valence-corrected chi connectivity index (χ4v) is 4.00. The fourth-order valence-electron chi connectivity index (χ4n) is 3.81. The Morgan fingerprint density at radius 2 is 1.77 bits per heavy atom. The lowest BCUT2D eigenvalue weighted by atomic mass is 9.96. The van der Waals surface area contributed by atoms with Gasteiger partial charge in [-0.3, -0.25) is 19.2 Å². The van der Waals surface area contributed by atoms with Crippen molar-refractivity contribution in [3.05, 3.63) is 64.2 Å². The van der Waals surface area contributed by atoms with Gasteiger partial charge in [0.2, 0.25) is 5.91 Å². The maximum atomic E-state index is 12.6. The minimum Gasteiger partial charge on any atom is -0.455 e. The van der Waals surface area contributed by atoms with Gasteiger partial charge in [-0.05, 0) is 68.1 Å². The van der Waals surface area contributed by atoms with Crippen molar-refractivity contribution in [3.8, 4) is 0 Å². The highest BCUT2D eigenvalue weighted by Gasteiger charge is 2.29. The molecule has 0 aliphatic carbocycles. The molecule has 0 atom stereocenters. The molecule has 1 saturated heterocycles. The van der Waals surface area contributed by atoms with Crippen LogP contribution in [0.15, 0.2) is 42.5 Å². The maximum absolute atomic E-state index is 12.6. The minimum absolute atomic E-state index is 0.129. The summed E-state index contributed by atoms with van der Waals surface area (Å²) in [7, 11) is 1.48. The van der Waals surface area contributed by atoms with Gasteiger partial charge in [-0.1, -0.05) is 23.7 Å². The Morgan fingerprint density at radius 1 is 1.06 bits per heavy atom. The van der Waals surface area contributed by atoms with Crippen LogP contribution in [0, 0.1) is 19.8 Å². The van der Waals surface area contributed by atoms with Crippen LogP contribution in [0.3, 0.4) is 0 Å². The first-order chi connectivity index (χ1) is 16.6. The van der Waals surface area contributed by atoms with E-state index in [0.29, 0.717) is 42.2 Å². The molecule has 1 aliphatic rings. The van der Waals surface area contributed by atoms with Crippen LogP contribution in [0.5, 0.6) is 0 Å². The van der Waals surface area contributed by atoms with Crippen molar-refractivity contribution < 1.29 is 23.9 Å². The van der Waals surface area contributed by atoms with Crippen molar-refractivity contribution >= 4 is 41.0 Å². The molecule has 8 nitrogen and oxygen atoms in total. The van der Waals surface area contributed by atoms with Crippen LogP contribution in [0.4, 0.5) is 5.69 Å². The molecule has 1 aliphatic heterocycles. The molecule has 35 heavy (non-hydrogen) atoms. The van der Waals surface area contributed by atoms with Gasteiger partial charge in [0.05, 0.1) is 12.5 Å². The summed E-state index contributed by atoms with van der Waals surface area (Å²) < 4.78 is 5.21. The lowest BCUT2D eigenvalue weighted by Crippen LogP contribution is -2.41. The number of likely N-dealkylation sites (tertiary alicyclic amines) is 1. The summed E-state index contributed by atoms with van der Waals surface area (Å²) in [5, 5.41) is 3.25. The van der Waals surface area contributed by atoms with Gasteiger partial charge in [0.1, 0.15) is 0 Å². The van der Waals surface area contributed by atoms with Crippen LogP contribution in [0.25, 0.3) is 0 Å². The third-order valence-electron chi connectivity index (χ3n) is 6.12. The number of aryl methyl sites for hydroxylation is 2. The first-order valence-electron chi connectivity index (χ1n) is 11.5. The predicted octanol–water partition coefficient (Wildman–Crippen LogP) is 3.45. The number of halogens is 1. The first-order valence-corrected chi connectivity index (χ1v) is 11.8. The van der Waals surface area contributed by atoms with Crippen LogP contribution >= 0.6 is 11.6 Å². The minimum atomic E-state index is -0.471. The standard InChI is InChI=1S/C26H30ClN3O5/c1-17-7-8-22(13-18(17)2)28-23(31)15-29(3)24(32)16-35-26(34)19-9-11-30(12-10-19)25(33)20-5-4-6-21(27)14-20/h4-8,13-14,19H,9-12,15-16H2,1-3H3,(H,28,31). The Morgan fingerprint density at radius 3 is 2.43 bits per heavy atom. The highest BCUT2D eigenvalue weighted by atomic mass is 35.5. The molecule has 0 unspecified atom stereocenters. The second kappa shape index (κ2) is 11.8. The molecule has 9 heteroatoms. The number of piperidine rings is 1. The molecular formula is C26H30ClN3O5. The van der Waals surface area contributed by atoms with E-state index in [1.54, 1.807) is 35.2 Å². The Balaban J connectivity index is 1.40. The van der Waals surface area contributed by atoms with Gasteiger partial charge in [0.25, 0.3) is 11.8 Å². The van der Waals surface area contributed by atoms with Crippen molar-refractivity contribution in [1.29, 1.82) is 0 Å². The highest BCUT2D eigenvalue weighted by Crippen LogP contribution is 2.21. The molecule has 0 bridgehead atoms. The van der Waals surface area contributed by atoms with Crippen LogP contribution < -0.4 is 5.32 Å². The summed E-state index contributed by atoms with van der Waals surface area (Å²) in [6, 6.07) is 12.3. The van der Waals surface area contributed by atoms with Crippen molar-refractivity contribution in [1.82, 2.24) is 9.80 Å². The Bertz CT molecular complexity index is 1110. The molecule has 0 saturated carbocycles. The number of hydrogen-bond donors (Lipinski definition) is 1. The SMILES string of the molecule is Cc1ccc(NC(=O)CN(C)C(=O)COC(=O)C2CCN(C(=O)c3cccc(Cl)c3)CC2)cc1C. The largest absolute Gasteiger partial charge is 0.455 e. The summed E-state index contributed by atoms with van der Waals surface area (Å²) >= 11 is 5.96. The number of benzene rings is 2. The van der Waals surface area contributed by atoms with Crippen LogP contribution in [-0.2, 0) is 19.1 Å². The highest BCUT2D eigenvalue weighted by molar-refractivity contribution is 6.30. The van der Waals surface area contributed by atoms with E-state index in [0.717, 1.165) is 11.1 Å². The average Bonchev–Trinajstić information content (AvgIpc) is 2.84. The zero-order chi connectivity index (χ0) is 25.5. The van der Waals surface area contributed by atoms with Gasteiger partial charge in [0, 0.05) is 36.4 Å². The van der Waals surface area contributed by atoms with E-state index in [4.69, 9.17) is 16.3 Å². The lowest BCUT2D eigenvalue weighted by Gasteiger charge is -2.31. The van der Waals surface area contributed by atoms with E-state index < -0.39 is 18.5 Å². The summed E-state index contributed by atoms with van der Waals surface area (Å²) in [4.78, 5) is 52.6. The molecule has 1 heterocycles. The zero-order valence-electron chi connectivity index (χ0n) is 20.2. The molecule has 0 radical (unpaired) electrons. The Kier molecular flexibility index (Phi) is 8.87. The summed E-state index contributed by atoms with van der Waals surface area (Å²) in [5.74, 6) is -1.80. The van der Waals surface area contributed by atoms with E-state index in [-0.39, 0.29) is 24.3 Å². The molecular weight excluding hydrogens is 470 g/mol. The molecule has 3 rings (SSSR count). The van der Waals surface area contributed by atoms with Crippen molar-refractivity contribution in [3.63, 3.8) is 0 Å². The molecule has 1 N–H and O–H groups in total. The quantitative estimate of drug-likeness (QED) is 0.589. The average molecular weight is 500 g/mol. The number of amides is 3. The van der Waals surface area contributed by atoms with Gasteiger partial charge in [-0.15, -0.1) is 0 Å². The molecule has 3 amide bonds. The molecule has 0 spiro atoms. The number of rotatable bonds is 7. The Labute approximate surface area is 210 Å². The summed E-state index contributed by atoms with van der Waals surface area (Å²) in [6.07, 6.45) is 0.904. The predicted molar refractivity (Wildman–Crippen MR) is 133 cm³/mol. The molecule has 186 valence electrons. The van der Waals surface area contributed by atoms with E-state index in [1.807, 2.05) is 26.0 Å². The third kappa shape index (κ3) is 7.29. The maximum Gasteiger partial charge on any atom is 0.309 e. The monoisotopic (exact) mass is 499 g/mol. The molecule has 0 aromatic heterocycles. The number of ether oxygens (including phenoxy) is 1. The van der Waals surface area contributed by atoms with E-state index >= 15 is 0 Å².